The van der Waals surface area contributed by atoms with Gasteiger partial charge >= 0.3 is 6.03 Å². The molecule has 0 bridgehead atoms. The van der Waals surface area contributed by atoms with Crippen molar-refractivity contribution < 1.29 is 9.59 Å². The topological polar surface area (TPSA) is 70.2 Å². The molecule has 0 radical (unpaired) electrons. The number of benzene rings is 1. The Morgan fingerprint density at radius 2 is 1.96 bits per heavy atom. The van der Waals surface area contributed by atoms with Crippen molar-refractivity contribution in [1.29, 1.82) is 0 Å². The minimum absolute atomic E-state index is 0.0724. The number of anilines is 1. The summed E-state index contributed by atoms with van der Waals surface area (Å²) in [6.07, 6.45) is 0.736. The number of fused-ring (bicyclic) bond motifs is 1. The minimum Gasteiger partial charge on any atom is -0.352 e. The molecule has 124 valence electrons. The number of carbonyl (C=O) groups excluding carboxylic acids is 2. The molecule has 1 heterocycles. The van der Waals surface area contributed by atoms with Crippen molar-refractivity contribution >= 4 is 17.6 Å². The molecule has 0 saturated heterocycles. The normalized spacial score (nSPS) is 21.1. The van der Waals surface area contributed by atoms with Crippen LogP contribution in [-0.4, -0.2) is 25.0 Å². The zero-order valence-corrected chi connectivity index (χ0v) is 14.2. The van der Waals surface area contributed by atoms with Gasteiger partial charge < -0.3 is 16.0 Å². The van der Waals surface area contributed by atoms with E-state index in [1.165, 1.54) is 0 Å². The predicted molar refractivity (Wildman–Crippen MR) is 90.6 cm³/mol. The van der Waals surface area contributed by atoms with Crippen molar-refractivity contribution in [1.82, 2.24) is 10.6 Å². The third kappa shape index (κ3) is 2.58. The van der Waals surface area contributed by atoms with Crippen molar-refractivity contribution in [3.05, 3.63) is 29.3 Å². The van der Waals surface area contributed by atoms with Crippen LogP contribution in [0, 0.1) is 16.7 Å². The molecule has 1 aliphatic heterocycles. The van der Waals surface area contributed by atoms with Crippen LogP contribution in [0.4, 0.5) is 10.5 Å². The molecule has 1 aliphatic carbocycles. The van der Waals surface area contributed by atoms with Gasteiger partial charge in [0, 0.05) is 24.3 Å². The average Bonchev–Trinajstić information content (AvgIpc) is 2.87. The van der Waals surface area contributed by atoms with E-state index in [2.05, 4.69) is 43.6 Å². The Balaban J connectivity index is 1.63. The SMILES string of the molecule is CC1(C)C(CNC(=O)Nc2cccc3c2CCNC3=O)C1(C)C. The van der Waals surface area contributed by atoms with E-state index in [-0.39, 0.29) is 22.8 Å². The molecule has 2 aliphatic rings. The highest BCUT2D eigenvalue weighted by Crippen LogP contribution is 2.67. The molecule has 0 spiro atoms. The van der Waals surface area contributed by atoms with Crippen LogP contribution in [0.1, 0.15) is 43.6 Å². The van der Waals surface area contributed by atoms with Gasteiger partial charge in [0.2, 0.25) is 0 Å². The Morgan fingerprint density at radius 1 is 1.26 bits per heavy atom. The van der Waals surface area contributed by atoms with Crippen LogP contribution in [0.3, 0.4) is 0 Å². The van der Waals surface area contributed by atoms with E-state index in [1.54, 1.807) is 12.1 Å². The maximum atomic E-state index is 12.2. The lowest BCUT2D eigenvalue weighted by Gasteiger charge is -2.20. The Labute approximate surface area is 137 Å². The zero-order chi connectivity index (χ0) is 16.8. The molecule has 1 fully saturated rings. The first-order valence-corrected chi connectivity index (χ1v) is 8.20. The smallest absolute Gasteiger partial charge is 0.319 e. The summed E-state index contributed by atoms with van der Waals surface area (Å²) in [6, 6.07) is 5.24. The second kappa shape index (κ2) is 5.25. The van der Waals surface area contributed by atoms with E-state index in [9.17, 15) is 9.59 Å². The van der Waals surface area contributed by atoms with Gasteiger partial charge in [-0.2, -0.15) is 0 Å². The first-order valence-electron chi connectivity index (χ1n) is 8.20. The van der Waals surface area contributed by atoms with E-state index in [0.717, 1.165) is 17.7 Å². The van der Waals surface area contributed by atoms with Gasteiger partial charge in [0.1, 0.15) is 0 Å². The first kappa shape index (κ1) is 15.8. The largest absolute Gasteiger partial charge is 0.352 e. The van der Waals surface area contributed by atoms with Crippen LogP contribution < -0.4 is 16.0 Å². The number of carbonyl (C=O) groups is 2. The fourth-order valence-electron chi connectivity index (χ4n) is 3.79. The molecule has 23 heavy (non-hydrogen) atoms. The molecule has 1 aromatic carbocycles. The summed E-state index contributed by atoms with van der Waals surface area (Å²) in [6.45, 7) is 10.2. The number of rotatable bonds is 3. The van der Waals surface area contributed by atoms with E-state index in [4.69, 9.17) is 0 Å². The van der Waals surface area contributed by atoms with Crippen LogP contribution in [0.25, 0.3) is 0 Å². The van der Waals surface area contributed by atoms with Gasteiger partial charge in [0.25, 0.3) is 5.91 Å². The van der Waals surface area contributed by atoms with Crippen LogP contribution in [0.15, 0.2) is 18.2 Å². The third-order valence-electron chi connectivity index (χ3n) is 6.12. The molecule has 0 aromatic heterocycles. The summed E-state index contributed by atoms with van der Waals surface area (Å²) in [5.41, 5.74) is 2.80. The Hall–Kier alpha value is -2.04. The monoisotopic (exact) mass is 315 g/mol. The number of nitrogens with one attached hydrogen (secondary N) is 3. The summed E-state index contributed by atoms with van der Waals surface area (Å²) in [4.78, 5) is 24.1. The number of urea groups is 1. The summed E-state index contributed by atoms with van der Waals surface area (Å²) in [5.74, 6) is 0.410. The zero-order valence-electron chi connectivity index (χ0n) is 14.2. The van der Waals surface area contributed by atoms with E-state index >= 15 is 0 Å². The summed E-state index contributed by atoms with van der Waals surface area (Å²) >= 11 is 0. The van der Waals surface area contributed by atoms with Gasteiger partial charge in [-0.1, -0.05) is 33.8 Å². The van der Waals surface area contributed by atoms with Crippen LogP contribution in [0.2, 0.25) is 0 Å². The molecule has 3 N–H and O–H groups in total. The van der Waals surface area contributed by atoms with E-state index < -0.39 is 0 Å². The lowest BCUT2D eigenvalue weighted by atomic mass is 9.98. The second-order valence-corrected chi connectivity index (χ2v) is 7.67. The van der Waals surface area contributed by atoms with E-state index in [0.29, 0.717) is 24.6 Å². The van der Waals surface area contributed by atoms with Crippen LogP contribution in [-0.2, 0) is 6.42 Å². The average molecular weight is 315 g/mol. The number of hydrogen-bond donors (Lipinski definition) is 3. The van der Waals surface area contributed by atoms with Crippen molar-refractivity contribution in [2.75, 3.05) is 18.4 Å². The van der Waals surface area contributed by atoms with Crippen molar-refractivity contribution in [2.24, 2.45) is 16.7 Å². The molecule has 0 unspecified atom stereocenters. The molecule has 1 aromatic rings. The van der Waals surface area contributed by atoms with Crippen LogP contribution >= 0.6 is 0 Å². The third-order valence-corrected chi connectivity index (χ3v) is 6.12. The Bertz CT molecular complexity index is 650. The number of hydrogen-bond acceptors (Lipinski definition) is 2. The summed E-state index contributed by atoms with van der Waals surface area (Å²) < 4.78 is 0. The van der Waals surface area contributed by atoms with Crippen molar-refractivity contribution in [2.45, 2.75) is 34.1 Å². The van der Waals surface area contributed by atoms with Gasteiger partial charge in [0.05, 0.1) is 0 Å². The molecular formula is C18H25N3O2. The van der Waals surface area contributed by atoms with Gasteiger partial charge in [-0.05, 0) is 40.9 Å². The molecule has 1 saturated carbocycles. The highest BCUT2D eigenvalue weighted by molar-refractivity contribution is 6.00. The lowest BCUT2D eigenvalue weighted by molar-refractivity contribution is 0.0946. The highest BCUT2D eigenvalue weighted by Gasteiger charge is 2.64. The molecule has 5 nitrogen and oxygen atoms in total. The summed E-state index contributed by atoms with van der Waals surface area (Å²) in [7, 11) is 0. The van der Waals surface area contributed by atoms with Gasteiger partial charge in [-0.25, -0.2) is 4.79 Å². The molecule has 3 amide bonds. The van der Waals surface area contributed by atoms with Gasteiger partial charge in [-0.15, -0.1) is 0 Å². The fourth-order valence-corrected chi connectivity index (χ4v) is 3.79. The highest BCUT2D eigenvalue weighted by atomic mass is 16.2. The predicted octanol–water partition coefficient (Wildman–Crippen LogP) is 2.78. The Morgan fingerprint density at radius 3 is 2.61 bits per heavy atom. The standard InChI is InChI=1S/C18H25N3O2/c1-17(2)14(18(17,3)4)10-20-16(23)21-13-7-5-6-12-11(13)8-9-19-15(12)22/h5-7,14H,8-10H2,1-4H3,(H,19,22)(H2,20,21,23). The van der Waals surface area contributed by atoms with Crippen LogP contribution in [0.5, 0.6) is 0 Å². The summed E-state index contributed by atoms with van der Waals surface area (Å²) in [5, 5.41) is 8.69. The molecule has 0 atom stereocenters. The molecule has 3 rings (SSSR count). The number of amides is 3. The van der Waals surface area contributed by atoms with Gasteiger partial charge in [0.15, 0.2) is 0 Å². The minimum atomic E-state index is -0.206. The lowest BCUT2D eigenvalue weighted by Crippen LogP contribution is -2.34. The fraction of sp³-hybridized carbons (Fsp3) is 0.556. The molecule has 5 heteroatoms. The maximum Gasteiger partial charge on any atom is 0.319 e. The van der Waals surface area contributed by atoms with Crippen molar-refractivity contribution in [3.8, 4) is 0 Å². The molecular weight excluding hydrogens is 290 g/mol. The van der Waals surface area contributed by atoms with E-state index in [1.807, 2.05) is 6.07 Å². The maximum absolute atomic E-state index is 12.2. The Kier molecular flexibility index (Phi) is 3.62. The van der Waals surface area contributed by atoms with Crippen molar-refractivity contribution in [3.63, 3.8) is 0 Å². The first-order chi connectivity index (χ1) is 10.7. The quantitative estimate of drug-likeness (QED) is 0.802. The second-order valence-electron chi connectivity index (χ2n) is 7.67. The van der Waals surface area contributed by atoms with Gasteiger partial charge in [-0.3, -0.25) is 4.79 Å².